The first-order chi connectivity index (χ1) is 10.6. The Morgan fingerprint density at radius 3 is 2.86 bits per heavy atom. The number of benzene rings is 2. The van der Waals surface area contributed by atoms with Gasteiger partial charge in [0, 0.05) is 8.59 Å². The second-order valence-corrected chi connectivity index (χ2v) is 6.74. The quantitative estimate of drug-likeness (QED) is 0.616. The van der Waals surface area contributed by atoms with Crippen molar-refractivity contribution >= 4 is 46.0 Å². The summed E-state index contributed by atoms with van der Waals surface area (Å²) in [5.41, 5.74) is 3.00. The molecule has 0 spiro atoms. The number of carbonyl (C=O) groups excluding carboxylic acids is 1. The lowest BCUT2D eigenvalue weighted by molar-refractivity contribution is 0.158. The molecule has 0 radical (unpaired) electrons. The molecule has 0 bridgehead atoms. The number of fused-ring (bicyclic) bond motifs is 1. The lowest BCUT2D eigenvalue weighted by atomic mass is 10.0. The van der Waals surface area contributed by atoms with Gasteiger partial charge >= 0.3 is 6.09 Å². The van der Waals surface area contributed by atoms with Crippen molar-refractivity contribution in [3.63, 3.8) is 0 Å². The first-order valence-corrected chi connectivity index (χ1v) is 8.56. The van der Waals surface area contributed by atoms with Crippen LogP contribution in [0.15, 0.2) is 42.5 Å². The van der Waals surface area contributed by atoms with Crippen LogP contribution in [0.4, 0.5) is 10.5 Å². The summed E-state index contributed by atoms with van der Waals surface area (Å²) in [6.45, 7) is 2.16. The normalized spacial score (nSPS) is 16.5. The van der Waals surface area contributed by atoms with Gasteiger partial charge in [-0.1, -0.05) is 29.8 Å². The Morgan fingerprint density at radius 2 is 2.14 bits per heavy atom. The van der Waals surface area contributed by atoms with Crippen LogP contribution in [0.1, 0.15) is 24.1 Å². The molecule has 22 heavy (non-hydrogen) atoms. The molecule has 1 atom stereocenters. The molecule has 1 aliphatic heterocycles. The first-order valence-electron chi connectivity index (χ1n) is 7.10. The summed E-state index contributed by atoms with van der Waals surface area (Å²) < 4.78 is 6.40. The van der Waals surface area contributed by atoms with E-state index >= 15 is 0 Å². The maximum atomic E-state index is 12.4. The van der Waals surface area contributed by atoms with E-state index in [1.165, 1.54) is 0 Å². The van der Waals surface area contributed by atoms with E-state index in [2.05, 4.69) is 28.7 Å². The van der Waals surface area contributed by atoms with Gasteiger partial charge in [0.2, 0.25) is 0 Å². The number of ether oxygens (including phenoxy) is 1. The van der Waals surface area contributed by atoms with E-state index in [1.54, 1.807) is 4.90 Å². The summed E-state index contributed by atoms with van der Waals surface area (Å²) in [7, 11) is 0. The van der Waals surface area contributed by atoms with Gasteiger partial charge in [-0.2, -0.15) is 0 Å². The van der Waals surface area contributed by atoms with E-state index in [0.717, 1.165) is 26.8 Å². The summed E-state index contributed by atoms with van der Waals surface area (Å²) in [5.74, 6) is 0. The van der Waals surface area contributed by atoms with E-state index in [0.29, 0.717) is 11.6 Å². The van der Waals surface area contributed by atoms with E-state index in [4.69, 9.17) is 16.3 Å². The number of carbonyl (C=O) groups is 1. The minimum atomic E-state index is -0.327. The van der Waals surface area contributed by atoms with Gasteiger partial charge in [0.15, 0.2) is 0 Å². The minimum absolute atomic E-state index is 0.124. The van der Waals surface area contributed by atoms with Gasteiger partial charge in [-0.3, -0.25) is 4.90 Å². The van der Waals surface area contributed by atoms with Gasteiger partial charge in [-0.05, 0) is 71.3 Å². The van der Waals surface area contributed by atoms with E-state index < -0.39 is 0 Å². The highest BCUT2D eigenvalue weighted by Gasteiger charge is 2.36. The number of rotatable bonds is 2. The Labute approximate surface area is 148 Å². The summed E-state index contributed by atoms with van der Waals surface area (Å²) in [4.78, 5) is 14.2. The minimum Gasteiger partial charge on any atom is -0.449 e. The van der Waals surface area contributed by atoms with E-state index in [9.17, 15) is 4.79 Å². The van der Waals surface area contributed by atoms with Crippen LogP contribution in [0, 0.1) is 3.57 Å². The van der Waals surface area contributed by atoms with Crippen LogP contribution in [-0.2, 0) is 11.2 Å². The van der Waals surface area contributed by atoms with Gasteiger partial charge in [-0.15, -0.1) is 0 Å². The van der Waals surface area contributed by atoms with Crippen molar-refractivity contribution in [1.29, 1.82) is 0 Å². The fourth-order valence-corrected chi connectivity index (χ4v) is 3.65. The monoisotopic (exact) mass is 427 g/mol. The van der Waals surface area contributed by atoms with Gasteiger partial charge in [-0.25, -0.2) is 4.79 Å². The molecule has 1 amide bonds. The van der Waals surface area contributed by atoms with E-state index in [1.807, 2.05) is 43.3 Å². The van der Waals surface area contributed by atoms with Gasteiger partial charge in [0.05, 0.1) is 18.3 Å². The molecule has 5 heteroatoms. The van der Waals surface area contributed by atoms with Crippen molar-refractivity contribution in [2.75, 3.05) is 11.5 Å². The second kappa shape index (κ2) is 6.46. The molecule has 0 aromatic heterocycles. The van der Waals surface area contributed by atoms with Crippen molar-refractivity contribution in [3.05, 3.63) is 62.2 Å². The molecular weight excluding hydrogens is 413 g/mol. The lowest BCUT2D eigenvalue weighted by Gasteiger charge is -2.25. The molecule has 114 valence electrons. The van der Waals surface area contributed by atoms with Crippen LogP contribution in [0.25, 0.3) is 0 Å². The zero-order valence-electron chi connectivity index (χ0n) is 12.1. The average Bonchev–Trinajstić information content (AvgIpc) is 2.86. The van der Waals surface area contributed by atoms with Crippen molar-refractivity contribution in [3.8, 4) is 0 Å². The average molecular weight is 428 g/mol. The van der Waals surface area contributed by atoms with Gasteiger partial charge in [0.1, 0.15) is 0 Å². The third-order valence-corrected chi connectivity index (χ3v) is 4.77. The number of amides is 1. The summed E-state index contributed by atoms with van der Waals surface area (Å²) in [6, 6.07) is 13.6. The molecule has 3 nitrogen and oxygen atoms in total. The second-order valence-electron chi connectivity index (χ2n) is 5.08. The Hall–Kier alpha value is -1.27. The molecule has 0 saturated heterocycles. The molecule has 1 heterocycles. The molecule has 2 aromatic carbocycles. The SMILES string of the molecule is CCOC(=O)N1c2ccc(I)cc2CC1c1ccccc1Cl. The topological polar surface area (TPSA) is 29.5 Å². The molecule has 2 aromatic rings. The van der Waals surface area contributed by atoms with Gasteiger partial charge < -0.3 is 4.74 Å². The van der Waals surface area contributed by atoms with Crippen LogP contribution in [0.5, 0.6) is 0 Å². The maximum Gasteiger partial charge on any atom is 0.414 e. The van der Waals surface area contributed by atoms with Crippen molar-refractivity contribution in [2.24, 2.45) is 0 Å². The summed E-state index contributed by atoms with van der Waals surface area (Å²) in [6.07, 6.45) is 0.418. The fraction of sp³-hybridized carbons (Fsp3) is 0.235. The third kappa shape index (κ3) is 2.82. The summed E-state index contributed by atoms with van der Waals surface area (Å²) >= 11 is 8.63. The molecule has 0 N–H and O–H groups in total. The zero-order valence-corrected chi connectivity index (χ0v) is 15.0. The Kier molecular flexibility index (Phi) is 4.59. The highest BCUT2D eigenvalue weighted by molar-refractivity contribution is 14.1. The molecule has 0 fully saturated rings. The number of anilines is 1. The molecule has 0 aliphatic carbocycles. The molecule has 0 saturated carbocycles. The standard InChI is InChI=1S/C17H15ClINO2/c1-2-22-17(21)20-15-8-7-12(19)9-11(15)10-16(20)13-5-3-4-6-14(13)18/h3-9,16H,2,10H2,1H3. The third-order valence-electron chi connectivity index (χ3n) is 3.75. The van der Waals surface area contributed by atoms with Crippen LogP contribution in [0.2, 0.25) is 5.02 Å². The predicted molar refractivity (Wildman–Crippen MR) is 96.6 cm³/mol. The number of hydrogen-bond donors (Lipinski definition) is 0. The molecule has 1 aliphatic rings. The van der Waals surface area contributed by atoms with Crippen LogP contribution in [0.3, 0.4) is 0 Å². The highest BCUT2D eigenvalue weighted by atomic mass is 127. The molecular formula is C17H15ClINO2. The number of hydrogen-bond acceptors (Lipinski definition) is 2. The van der Waals surface area contributed by atoms with Crippen LogP contribution in [-0.4, -0.2) is 12.7 Å². The molecule has 3 rings (SSSR count). The lowest BCUT2D eigenvalue weighted by Crippen LogP contribution is -2.32. The smallest absolute Gasteiger partial charge is 0.414 e. The van der Waals surface area contributed by atoms with Crippen molar-refractivity contribution < 1.29 is 9.53 Å². The van der Waals surface area contributed by atoms with Crippen LogP contribution < -0.4 is 4.90 Å². The zero-order chi connectivity index (χ0) is 15.7. The largest absolute Gasteiger partial charge is 0.449 e. The van der Waals surface area contributed by atoms with Crippen molar-refractivity contribution in [2.45, 2.75) is 19.4 Å². The predicted octanol–water partition coefficient (Wildman–Crippen LogP) is 5.20. The van der Waals surface area contributed by atoms with Crippen molar-refractivity contribution in [1.82, 2.24) is 0 Å². The number of halogens is 2. The molecule has 1 unspecified atom stereocenters. The Morgan fingerprint density at radius 1 is 1.36 bits per heavy atom. The Balaban J connectivity index is 2.07. The highest BCUT2D eigenvalue weighted by Crippen LogP contribution is 2.43. The van der Waals surface area contributed by atoms with Gasteiger partial charge in [0.25, 0.3) is 0 Å². The van der Waals surface area contributed by atoms with E-state index in [-0.39, 0.29) is 12.1 Å². The number of nitrogens with zero attached hydrogens (tertiary/aromatic N) is 1. The van der Waals surface area contributed by atoms with Crippen LogP contribution >= 0.6 is 34.2 Å². The first kappa shape index (κ1) is 15.6. The fourth-order valence-electron chi connectivity index (χ4n) is 2.83. The summed E-state index contributed by atoms with van der Waals surface area (Å²) in [5, 5.41) is 0.671. The Bertz CT molecular complexity index is 720. The maximum absolute atomic E-state index is 12.4.